The molecule has 0 aliphatic rings. The summed E-state index contributed by atoms with van der Waals surface area (Å²) in [4.78, 5) is 1.74. The van der Waals surface area contributed by atoms with Crippen LogP contribution in [-0.2, 0) is 5.75 Å². The third-order valence-corrected chi connectivity index (χ3v) is 4.47. The fourth-order valence-corrected chi connectivity index (χ4v) is 3.26. The summed E-state index contributed by atoms with van der Waals surface area (Å²) in [5.74, 6) is 0.450. The minimum Gasteiger partial charge on any atom is -0.399 e. The lowest BCUT2D eigenvalue weighted by atomic mass is 10.3. The minimum atomic E-state index is -0.271. The van der Waals surface area contributed by atoms with Crippen LogP contribution in [0.25, 0.3) is 0 Å². The van der Waals surface area contributed by atoms with E-state index in [1.807, 2.05) is 12.1 Å². The maximum Gasteiger partial charge on any atom is 0.138 e. The molecule has 0 aliphatic heterocycles. The van der Waals surface area contributed by atoms with Crippen molar-refractivity contribution in [2.75, 3.05) is 5.73 Å². The Morgan fingerprint density at radius 1 is 1.31 bits per heavy atom. The van der Waals surface area contributed by atoms with Crippen molar-refractivity contribution < 1.29 is 4.39 Å². The quantitative estimate of drug-likeness (QED) is 0.662. The van der Waals surface area contributed by atoms with Crippen LogP contribution in [0.2, 0.25) is 4.34 Å². The number of anilines is 1. The van der Waals surface area contributed by atoms with Gasteiger partial charge in [0.15, 0.2) is 0 Å². The first-order valence-corrected chi connectivity index (χ1v) is 6.75. The molecule has 0 amide bonds. The standard InChI is InChI=1S/C11H9ClFNS2/c12-11-4-2-8(16-11)6-15-10-3-1-7(14)5-9(10)13/h1-5H,6,14H2. The van der Waals surface area contributed by atoms with E-state index in [1.165, 1.54) is 29.2 Å². The molecule has 0 aliphatic carbocycles. The summed E-state index contributed by atoms with van der Waals surface area (Å²) < 4.78 is 14.2. The van der Waals surface area contributed by atoms with Crippen LogP contribution in [0.1, 0.15) is 4.88 Å². The Bertz CT molecular complexity index is 498. The molecule has 0 saturated heterocycles. The van der Waals surface area contributed by atoms with Gasteiger partial charge in [0.25, 0.3) is 0 Å². The van der Waals surface area contributed by atoms with E-state index < -0.39 is 0 Å². The Morgan fingerprint density at radius 3 is 2.75 bits per heavy atom. The first kappa shape index (κ1) is 11.8. The Kier molecular flexibility index (Phi) is 3.74. The Labute approximate surface area is 106 Å². The Balaban J connectivity index is 2.04. The number of benzene rings is 1. The average molecular weight is 274 g/mol. The SMILES string of the molecule is Nc1ccc(SCc2ccc(Cl)s2)c(F)c1. The summed E-state index contributed by atoms with van der Waals surface area (Å²) in [7, 11) is 0. The predicted octanol–water partition coefficient (Wildman–Crippen LogP) is 4.42. The molecule has 1 nitrogen and oxygen atoms in total. The second-order valence-corrected chi connectivity index (χ2v) is 6.00. The normalized spacial score (nSPS) is 10.6. The van der Waals surface area contributed by atoms with Gasteiger partial charge in [0, 0.05) is 21.2 Å². The van der Waals surface area contributed by atoms with Crippen molar-refractivity contribution >= 4 is 40.4 Å². The van der Waals surface area contributed by atoms with Crippen LogP contribution in [0, 0.1) is 5.82 Å². The molecule has 2 rings (SSSR count). The smallest absolute Gasteiger partial charge is 0.138 e. The van der Waals surface area contributed by atoms with Gasteiger partial charge in [-0.05, 0) is 30.3 Å². The fraction of sp³-hybridized carbons (Fsp3) is 0.0909. The molecule has 0 unspecified atom stereocenters. The van der Waals surface area contributed by atoms with Crippen LogP contribution in [0.4, 0.5) is 10.1 Å². The lowest BCUT2D eigenvalue weighted by Gasteiger charge is -2.02. The number of hydrogen-bond acceptors (Lipinski definition) is 3. The molecule has 84 valence electrons. The van der Waals surface area contributed by atoms with Crippen LogP contribution in [0.3, 0.4) is 0 Å². The molecule has 0 spiro atoms. The van der Waals surface area contributed by atoms with E-state index >= 15 is 0 Å². The fourth-order valence-electron chi connectivity index (χ4n) is 1.21. The molecule has 2 N–H and O–H groups in total. The van der Waals surface area contributed by atoms with E-state index in [9.17, 15) is 4.39 Å². The van der Waals surface area contributed by atoms with E-state index in [2.05, 4.69) is 0 Å². The highest BCUT2D eigenvalue weighted by Gasteiger charge is 2.05. The van der Waals surface area contributed by atoms with Crippen molar-refractivity contribution in [3.8, 4) is 0 Å². The number of hydrogen-bond donors (Lipinski definition) is 1. The summed E-state index contributed by atoms with van der Waals surface area (Å²) in [5, 5.41) is 0. The lowest BCUT2D eigenvalue weighted by Crippen LogP contribution is -1.88. The molecule has 0 saturated carbocycles. The molecule has 16 heavy (non-hydrogen) atoms. The van der Waals surface area contributed by atoms with Gasteiger partial charge in [-0.2, -0.15) is 0 Å². The molecule has 5 heteroatoms. The van der Waals surface area contributed by atoms with E-state index in [1.54, 1.807) is 12.1 Å². The third kappa shape index (κ3) is 2.90. The van der Waals surface area contributed by atoms with Gasteiger partial charge in [-0.3, -0.25) is 0 Å². The van der Waals surface area contributed by atoms with Crippen molar-refractivity contribution in [3.63, 3.8) is 0 Å². The van der Waals surface area contributed by atoms with Gasteiger partial charge in [-0.1, -0.05) is 11.6 Å². The second-order valence-electron chi connectivity index (χ2n) is 3.18. The Hall–Kier alpha value is -0.710. The largest absolute Gasteiger partial charge is 0.399 e. The molecule has 1 heterocycles. The topological polar surface area (TPSA) is 26.0 Å². The van der Waals surface area contributed by atoms with Crippen LogP contribution in [0.15, 0.2) is 35.2 Å². The molecule has 1 aromatic carbocycles. The molecule has 2 aromatic rings. The molecule has 1 aromatic heterocycles. The number of rotatable bonds is 3. The predicted molar refractivity (Wildman–Crippen MR) is 69.7 cm³/mol. The van der Waals surface area contributed by atoms with E-state index in [-0.39, 0.29) is 5.82 Å². The van der Waals surface area contributed by atoms with Crippen molar-refractivity contribution in [2.24, 2.45) is 0 Å². The zero-order valence-corrected chi connectivity index (χ0v) is 10.6. The van der Waals surface area contributed by atoms with E-state index in [0.717, 1.165) is 15.0 Å². The van der Waals surface area contributed by atoms with Crippen LogP contribution >= 0.6 is 34.7 Å². The number of thioether (sulfide) groups is 1. The summed E-state index contributed by atoms with van der Waals surface area (Å²) in [6.45, 7) is 0. The molecule has 0 bridgehead atoms. The van der Waals surface area contributed by atoms with Crippen molar-refractivity contribution in [1.82, 2.24) is 0 Å². The zero-order chi connectivity index (χ0) is 11.5. The van der Waals surface area contributed by atoms with Gasteiger partial charge in [0.1, 0.15) is 5.82 Å². The van der Waals surface area contributed by atoms with Crippen molar-refractivity contribution in [1.29, 1.82) is 0 Å². The van der Waals surface area contributed by atoms with Gasteiger partial charge in [0.05, 0.1) is 4.34 Å². The van der Waals surface area contributed by atoms with Crippen LogP contribution in [-0.4, -0.2) is 0 Å². The first-order chi connectivity index (χ1) is 7.65. The number of halogens is 2. The summed E-state index contributed by atoms with van der Waals surface area (Å²) >= 11 is 8.77. The lowest BCUT2D eigenvalue weighted by molar-refractivity contribution is 0.603. The highest BCUT2D eigenvalue weighted by Crippen LogP contribution is 2.30. The maximum absolute atomic E-state index is 13.4. The maximum atomic E-state index is 13.4. The van der Waals surface area contributed by atoms with E-state index in [0.29, 0.717) is 10.6 Å². The van der Waals surface area contributed by atoms with Crippen LogP contribution in [0.5, 0.6) is 0 Å². The highest BCUT2D eigenvalue weighted by atomic mass is 35.5. The van der Waals surface area contributed by atoms with Gasteiger partial charge in [0.2, 0.25) is 0 Å². The third-order valence-electron chi connectivity index (χ3n) is 1.95. The van der Waals surface area contributed by atoms with E-state index in [4.69, 9.17) is 17.3 Å². The second kappa shape index (κ2) is 5.08. The zero-order valence-electron chi connectivity index (χ0n) is 8.24. The minimum absolute atomic E-state index is 0.271. The van der Waals surface area contributed by atoms with Crippen molar-refractivity contribution in [3.05, 3.63) is 45.4 Å². The molecular weight excluding hydrogens is 265 g/mol. The molecular formula is C11H9ClFNS2. The average Bonchev–Trinajstić information content (AvgIpc) is 2.63. The summed E-state index contributed by atoms with van der Waals surface area (Å²) in [6.07, 6.45) is 0. The van der Waals surface area contributed by atoms with Crippen molar-refractivity contribution in [2.45, 2.75) is 10.6 Å². The number of thiophene rings is 1. The first-order valence-electron chi connectivity index (χ1n) is 4.57. The monoisotopic (exact) mass is 273 g/mol. The van der Waals surface area contributed by atoms with Crippen LogP contribution < -0.4 is 5.73 Å². The molecule has 0 radical (unpaired) electrons. The van der Waals surface area contributed by atoms with Gasteiger partial charge >= 0.3 is 0 Å². The van der Waals surface area contributed by atoms with Gasteiger partial charge in [-0.25, -0.2) is 4.39 Å². The summed E-state index contributed by atoms with van der Waals surface area (Å²) in [5.41, 5.74) is 5.92. The molecule has 0 atom stereocenters. The number of nitrogen functional groups attached to an aromatic ring is 1. The molecule has 0 fully saturated rings. The Morgan fingerprint density at radius 2 is 2.12 bits per heavy atom. The van der Waals surface area contributed by atoms with Gasteiger partial charge in [-0.15, -0.1) is 23.1 Å². The summed E-state index contributed by atoms with van der Waals surface area (Å²) in [6, 6.07) is 8.54. The number of nitrogens with two attached hydrogens (primary N) is 1. The highest BCUT2D eigenvalue weighted by molar-refractivity contribution is 7.98. The van der Waals surface area contributed by atoms with Gasteiger partial charge < -0.3 is 5.73 Å².